The Kier molecular flexibility index (Phi) is 6.06. The van der Waals surface area contributed by atoms with Crippen molar-refractivity contribution >= 4 is 5.95 Å². The Labute approximate surface area is 155 Å². The van der Waals surface area contributed by atoms with E-state index < -0.39 is 0 Å². The molecular weight excluding hydrogens is 328 g/mol. The molecule has 0 saturated carbocycles. The van der Waals surface area contributed by atoms with Crippen molar-refractivity contribution < 1.29 is 9.84 Å². The highest BCUT2D eigenvalue weighted by Crippen LogP contribution is 2.26. The number of benzene rings is 1. The number of aliphatic hydroxyl groups excluding tert-OH is 1. The van der Waals surface area contributed by atoms with Gasteiger partial charge in [0.2, 0.25) is 5.95 Å². The number of ether oxygens (including phenoxy) is 1. The third kappa shape index (κ3) is 3.97. The van der Waals surface area contributed by atoms with Crippen molar-refractivity contribution in [2.75, 3.05) is 38.3 Å². The number of rotatable bonds is 6. The molecule has 0 spiro atoms. The minimum Gasteiger partial charge on any atom is -0.496 e. The fraction of sp³-hybridized carbons (Fsp3) is 0.500. The van der Waals surface area contributed by atoms with Crippen molar-refractivity contribution in [3.05, 3.63) is 47.3 Å². The van der Waals surface area contributed by atoms with Crippen LogP contribution in [0.1, 0.15) is 23.1 Å². The molecule has 0 aliphatic carbocycles. The van der Waals surface area contributed by atoms with Gasteiger partial charge in [0.15, 0.2) is 0 Å². The van der Waals surface area contributed by atoms with E-state index in [2.05, 4.69) is 39.7 Å². The number of nitrogens with zero attached hydrogens (tertiary/aromatic N) is 4. The molecule has 0 bridgehead atoms. The number of hydrogen-bond acceptors (Lipinski definition) is 6. The summed E-state index contributed by atoms with van der Waals surface area (Å²) in [6.07, 6.45) is 4.30. The highest BCUT2D eigenvalue weighted by molar-refractivity contribution is 5.43. The van der Waals surface area contributed by atoms with Gasteiger partial charge in [-0.1, -0.05) is 6.07 Å². The molecule has 6 heteroatoms. The van der Waals surface area contributed by atoms with Gasteiger partial charge in [-0.15, -0.1) is 0 Å². The summed E-state index contributed by atoms with van der Waals surface area (Å²) in [5.74, 6) is 1.70. The van der Waals surface area contributed by atoms with E-state index >= 15 is 0 Å². The molecule has 2 heterocycles. The highest BCUT2D eigenvalue weighted by Gasteiger charge is 2.28. The second-order valence-corrected chi connectivity index (χ2v) is 6.81. The minimum atomic E-state index is 0.186. The summed E-state index contributed by atoms with van der Waals surface area (Å²) in [7, 11) is 1.71. The van der Waals surface area contributed by atoms with E-state index in [9.17, 15) is 5.11 Å². The number of piperazine rings is 1. The third-order valence-electron chi connectivity index (χ3n) is 5.34. The molecule has 1 N–H and O–H groups in total. The topological polar surface area (TPSA) is 61.7 Å². The van der Waals surface area contributed by atoms with Crippen LogP contribution in [-0.4, -0.2) is 59.4 Å². The maximum Gasteiger partial charge on any atom is 0.225 e. The van der Waals surface area contributed by atoms with E-state index in [4.69, 9.17) is 4.74 Å². The van der Waals surface area contributed by atoms with Crippen molar-refractivity contribution in [3.8, 4) is 5.75 Å². The van der Waals surface area contributed by atoms with E-state index in [1.807, 2.05) is 12.1 Å². The van der Waals surface area contributed by atoms with Gasteiger partial charge in [-0.3, -0.25) is 4.90 Å². The average Bonchev–Trinajstić information content (AvgIpc) is 2.68. The largest absolute Gasteiger partial charge is 0.496 e. The van der Waals surface area contributed by atoms with Crippen molar-refractivity contribution in [2.45, 2.75) is 32.9 Å². The monoisotopic (exact) mass is 356 g/mol. The molecule has 1 aromatic heterocycles. The maximum absolute atomic E-state index is 9.53. The molecule has 140 valence electrons. The Morgan fingerprint density at radius 1 is 1.15 bits per heavy atom. The van der Waals surface area contributed by atoms with Crippen LogP contribution < -0.4 is 9.64 Å². The first kappa shape index (κ1) is 18.6. The standard InChI is InChI=1S/C20H28N4O2/c1-15-16(2)19(26-3)6-5-17(15)13-23-10-11-24(14-18(23)7-12-25)20-21-8-4-9-22-20/h4-6,8-9,18,25H,7,10-14H2,1-3H3/t18-/m1/s1. The lowest BCUT2D eigenvalue weighted by molar-refractivity contribution is 0.134. The molecule has 1 aromatic carbocycles. The molecule has 1 aliphatic heterocycles. The summed E-state index contributed by atoms with van der Waals surface area (Å²) >= 11 is 0. The quantitative estimate of drug-likeness (QED) is 0.856. The van der Waals surface area contributed by atoms with Crippen LogP contribution in [0.25, 0.3) is 0 Å². The molecule has 1 atom stereocenters. The van der Waals surface area contributed by atoms with Crippen LogP contribution in [0.15, 0.2) is 30.6 Å². The zero-order chi connectivity index (χ0) is 18.5. The SMILES string of the molecule is COc1ccc(CN2CCN(c3ncccn3)C[C@H]2CCO)c(C)c1C. The van der Waals surface area contributed by atoms with E-state index in [0.717, 1.165) is 44.3 Å². The van der Waals surface area contributed by atoms with Gasteiger partial charge in [0.05, 0.1) is 7.11 Å². The van der Waals surface area contributed by atoms with Gasteiger partial charge in [0.25, 0.3) is 0 Å². The fourth-order valence-corrected chi connectivity index (χ4v) is 3.62. The van der Waals surface area contributed by atoms with E-state index in [1.165, 1.54) is 16.7 Å². The first-order chi connectivity index (χ1) is 12.6. The molecule has 0 unspecified atom stereocenters. The van der Waals surface area contributed by atoms with Gasteiger partial charge >= 0.3 is 0 Å². The lowest BCUT2D eigenvalue weighted by Gasteiger charge is -2.41. The Morgan fingerprint density at radius 2 is 1.92 bits per heavy atom. The first-order valence-corrected chi connectivity index (χ1v) is 9.14. The van der Waals surface area contributed by atoms with Gasteiger partial charge in [-0.25, -0.2) is 9.97 Å². The predicted molar refractivity (Wildman–Crippen MR) is 103 cm³/mol. The van der Waals surface area contributed by atoms with Crippen LogP contribution >= 0.6 is 0 Å². The Balaban J connectivity index is 1.75. The minimum absolute atomic E-state index is 0.186. The summed E-state index contributed by atoms with van der Waals surface area (Å²) in [4.78, 5) is 13.4. The average molecular weight is 356 g/mol. The normalized spacial score (nSPS) is 18.2. The Morgan fingerprint density at radius 3 is 2.62 bits per heavy atom. The Hall–Kier alpha value is -2.18. The van der Waals surface area contributed by atoms with Crippen LogP contribution in [-0.2, 0) is 6.54 Å². The smallest absolute Gasteiger partial charge is 0.225 e. The molecule has 0 amide bonds. The zero-order valence-corrected chi connectivity index (χ0v) is 15.9. The third-order valence-corrected chi connectivity index (χ3v) is 5.34. The summed E-state index contributed by atoms with van der Waals surface area (Å²) in [5, 5.41) is 9.53. The molecule has 2 aromatic rings. The van der Waals surface area contributed by atoms with Crippen LogP contribution in [0.5, 0.6) is 5.75 Å². The highest BCUT2D eigenvalue weighted by atomic mass is 16.5. The van der Waals surface area contributed by atoms with Crippen LogP contribution in [0.3, 0.4) is 0 Å². The molecule has 26 heavy (non-hydrogen) atoms. The molecule has 1 saturated heterocycles. The van der Waals surface area contributed by atoms with Gasteiger partial charge in [-0.05, 0) is 49.1 Å². The van der Waals surface area contributed by atoms with Crippen molar-refractivity contribution in [3.63, 3.8) is 0 Å². The fourth-order valence-electron chi connectivity index (χ4n) is 3.62. The number of hydrogen-bond donors (Lipinski definition) is 1. The molecule has 1 fully saturated rings. The summed E-state index contributed by atoms with van der Waals surface area (Å²) in [6, 6.07) is 6.32. The maximum atomic E-state index is 9.53. The Bertz CT molecular complexity index is 723. The number of anilines is 1. The van der Waals surface area contributed by atoms with E-state index in [1.54, 1.807) is 19.5 Å². The van der Waals surface area contributed by atoms with Crippen molar-refractivity contribution in [1.29, 1.82) is 0 Å². The van der Waals surface area contributed by atoms with Gasteiger partial charge in [-0.2, -0.15) is 0 Å². The number of aromatic nitrogens is 2. The summed E-state index contributed by atoms with van der Waals surface area (Å²) in [5.41, 5.74) is 3.79. The second-order valence-electron chi connectivity index (χ2n) is 6.81. The molecule has 6 nitrogen and oxygen atoms in total. The van der Waals surface area contributed by atoms with Crippen LogP contribution in [0, 0.1) is 13.8 Å². The van der Waals surface area contributed by atoms with Gasteiger partial charge < -0.3 is 14.7 Å². The van der Waals surface area contributed by atoms with E-state index in [0.29, 0.717) is 0 Å². The lowest BCUT2D eigenvalue weighted by Crippen LogP contribution is -2.53. The first-order valence-electron chi connectivity index (χ1n) is 9.14. The predicted octanol–water partition coefficient (Wildman–Crippen LogP) is 2.18. The summed E-state index contributed by atoms with van der Waals surface area (Å²) < 4.78 is 5.43. The van der Waals surface area contributed by atoms with Crippen LogP contribution in [0.4, 0.5) is 5.95 Å². The van der Waals surface area contributed by atoms with Crippen molar-refractivity contribution in [1.82, 2.24) is 14.9 Å². The molecule has 3 rings (SSSR count). The van der Waals surface area contributed by atoms with Crippen molar-refractivity contribution in [2.24, 2.45) is 0 Å². The van der Waals surface area contributed by atoms with Gasteiger partial charge in [0, 0.05) is 51.2 Å². The molecular formula is C20H28N4O2. The number of aliphatic hydroxyl groups is 1. The zero-order valence-electron chi connectivity index (χ0n) is 15.9. The van der Waals surface area contributed by atoms with E-state index in [-0.39, 0.29) is 12.6 Å². The lowest BCUT2D eigenvalue weighted by atomic mass is 10.00. The second kappa shape index (κ2) is 8.47. The number of methoxy groups -OCH3 is 1. The molecule has 0 radical (unpaired) electrons. The summed E-state index contributed by atoms with van der Waals surface area (Å²) in [6.45, 7) is 7.97. The molecule has 1 aliphatic rings. The van der Waals surface area contributed by atoms with Crippen LogP contribution in [0.2, 0.25) is 0 Å². The van der Waals surface area contributed by atoms with Gasteiger partial charge in [0.1, 0.15) is 5.75 Å².